The summed E-state index contributed by atoms with van der Waals surface area (Å²) in [6.45, 7) is 2.58. The quantitative estimate of drug-likeness (QED) is 0.680. The molecular weight excluding hydrogens is 264 g/mol. The van der Waals surface area contributed by atoms with Crippen LogP contribution in [-0.4, -0.2) is 28.5 Å². The molecule has 2 rings (SSSR count). The highest BCUT2D eigenvalue weighted by molar-refractivity contribution is 6.30. The van der Waals surface area contributed by atoms with E-state index < -0.39 is 0 Å². The van der Waals surface area contributed by atoms with Crippen molar-refractivity contribution >= 4 is 17.3 Å². The van der Waals surface area contributed by atoms with Crippen LogP contribution in [0.4, 0.5) is 5.69 Å². The number of hydrazine groups is 1. The van der Waals surface area contributed by atoms with E-state index in [0.29, 0.717) is 10.7 Å². The minimum atomic E-state index is -0.386. The van der Waals surface area contributed by atoms with Gasteiger partial charge >= 0.3 is 0 Å². The number of hydrogen-bond acceptors (Lipinski definition) is 3. The van der Waals surface area contributed by atoms with Gasteiger partial charge in [0.1, 0.15) is 16.6 Å². The maximum atomic E-state index is 12.1. The van der Waals surface area contributed by atoms with Gasteiger partial charge in [-0.15, -0.1) is 5.43 Å². The summed E-state index contributed by atoms with van der Waals surface area (Å²) in [6.07, 6.45) is 1.40. The molecule has 6 heteroatoms. The van der Waals surface area contributed by atoms with Gasteiger partial charge in [-0.05, 0) is 37.1 Å². The molecule has 0 bridgehead atoms. The number of hydrogen-bond donors (Lipinski definition) is 1. The van der Waals surface area contributed by atoms with Crippen LogP contribution in [0, 0.1) is 16.2 Å². The van der Waals surface area contributed by atoms with Crippen LogP contribution >= 0.6 is 11.6 Å². The van der Waals surface area contributed by atoms with Gasteiger partial charge < -0.3 is 0 Å². The van der Waals surface area contributed by atoms with Crippen molar-refractivity contribution in [2.45, 2.75) is 32.0 Å². The van der Waals surface area contributed by atoms with Crippen molar-refractivity contribution in [3.05, 3.63) is 34.2 Å². The highest BCUT2D eigenvalue weighted by atomic mass is 35.5. The number of benzene rings is 1. The highest BCUT2D eigenvalue weighted by Gasteiger charge is 2.37. The molecule has 2 atom stereocenters. The second-order valence-electron chi connectivity index (χ2n) is 4.60. The molecule has 5 nitrogen and oxygen atoms in total. The molecule has 0 radical (unpaired) electrons. The summed E-state index contributed by atoms with van der Waals surface area (Å²) in [5, 5.41) is 9.67. The van der Waals surface area contributed by atoms with Gasteiger partial charge in [0.25, 0.3) is 6.17 Å². The first-order valence-electron chi connectivity index (χ1n) is 6.26. The summed E-state index contributed by atoms with van der Waals surface area (Å²) in [6, 6.07) is 8.99. The van der Waals surface area contributed by atoms with Crippen LogP contribution < -0.4 is 5.43 Å². The number of nitrogens with zero attached hydrogens (tertiary/aromatic N) is 3. The lowest BCUT2D eigenvalue weighted by Crippen LogP contribution is -2.44. The first kappa shape index (κ1) is 13.8. The maximum Gasteiger partial charge on any atom is 0.288 e. The average Bonchev–Trinajstić information content (AvgIpc) is 2.88. The molecule has 0 aromatic heterocycles. The number of nitroso groups, excluding NO2 is 1. The lowest BCUT2D eigenvalue weighted by atomic mass is 10.2. The van der Waals surface area contributed by atoms with E-state index in [1.54, 1.807) is 31.2 Å². The Hall–Kier alpha value is -1.64. The van der Waals surface area contributed by atoms with E-state index in [9.17, 15) is 4.91 Å². The molecule has 0 amide bonds. The van der Waals surface area contributed by atoms with Crippen molar-refractivity contribution in [1.82, 2.24) is 4.90 Å². The van der Waals surface area contributed by atoms with Crippen molar-refractivity contribution in [2.75, 3.05) is 12.0 Å². The van der Waals surface area contributed by atoms with Gasteiger partial charge in [0.15, 0.2) is 0 Å². The number of halogens is 1. The lowest BCUT2D eigenvalue weighted by molar-refractivity contribution is -0.579. The molecule has 100 valence electrons. The van der Waals surface area contributed by atoms with E-state index >= 15 is 0 Å². The van der Waals surface area contributed by atoms with Crippen LogP contribution in [-0.2, 0) is 0 Å². The topological polar surface area (TPSA) is 59.1 Å². The summed E-state index contributed by atoms with van der Waals surface area (Å²) in [5.41, 5.74) is 3.44. The predicted molar refractivity (Wildman–Crippen MR) is 73.5 cm³/mol. The first-order chi connectivity index (χ1) is 9.11. The number of nitrogens with one attached hydrogen (secondary N) is 1. The fourth-order valence-corrected chi connectivity index (χ4v) is 2.38. The Bertz CT molecular complexity index is 496. The van der Waals surface area contributed by atoms with E-state index in [1.165, 1.54) is 0 Å². The standard InChI is InChI=1S/C13H16ClN4O/c1-10(17-8-2-3-13(17)9-15)18(19)16-12-6-4-11(14)5-7-12/h4-7,10,13H,2-3,8H2,1H3,(H,16,19)/q+1. The van der Waals surface area contributed by atoms with E-state index in [2.05, 4.69) is 11.5 Å². The number of likely N-dealkylation sites (tertiary alicyclic amines) is 1. The second kappa shape index (κ2) is 6.00. The third-order valence-corrected chi connectivity index (χ3v) is 3.60. The third-order valence-electron chi connectivity index (χ3n) is 3.35. The van der Waals surface area contributed by atoms with Crippen molar-refractivity contribution in [3.8, 4) is 6.07 Å². The van der Waals surface area contributed by atoms with Crippen LogP contribution in [0.25, 0.3) is 0 Å². The van der Waals surface area contributed by atoms with Crippen LogP contribution in [0.5, 0.6) is 0 Å². The molecule has 0 spiro atoms. The van der Waals surface area contributed by atoms with Crippen LogP contribution in [0.2, 0.25) is 5.02 Å². The van der Waals surface area contributed by atoms with Gasteiger partial charge in [0, 0.05) is 18.5 Å². The minimum absolute atomic E-state index is 0.168. The SMILES string of the molecule is CC(N1CCCC1C#N)[N+](=O)Nc1ccc(Cl)cc1. The van der Waals surface area contributed by atoms with Crippen LogP contribution in [0.15, 0.2) is 24.3 Å². The molecule has 1 saturated heterocycles. The van der Waals surface area contributed by atoms with E-state index in [4.69, 9.17) is 16.9 Å². The average molecular weight is 280 g/mol. The van der Waals surface area contributed by atoms with E-state index in [-0.39, 0.29) is 12.2 Å². The molecule has 19 heavy (non-hydrogen) atoms. The molecule has 1 aliphatic heterocycles. The predicted octanol–water partition coefficient (Wildman–Crippen LogP) is 2.78. The Labute approximate surface area is 117 Å². The normalized spacial score (nSPS) is 20.8. The molecule has 1 heterocycles. The monoisotopic (exact) mass is 279 g/mol. The number of rotatable bonds is 4. The van der Waals surface area contributed by atoms with Gasteiger partial charge in [-0.25, -0.2) is 4.90 Å². The van der Waals surface area contributed by atoms with Gasteiger partial charge in [-0.1, -0.05) is 11.6 Å². The molecule has 0 saturated carbocycles. The largest absolute Gasteiger partial charge is 0.288 e. The zero-order valence-electron chi connectivity index (χ0n) is 10.7. The van der Waals surface area contributed by atoms with Gasteiger partial charge in [0.2, 0.25) is 0 Å². The summed E-state index contributed by atoms with van der Waals surface area (Å²) in [7, 11) is 0. The Morgan fingerprint density at radius 3 is 2.84 bits per heavy atom. The highest BCUT2D eigenvalue weighted by Crippen LogP contribution is 2.20. The Morgan fingerprint density at radius 2 is 2.21 bits per heavy atom. The summed E-state index contributed by atoms with van der Waals surface area (Å²) < 4.78 is 0. The fraction of sp³-hybridized carbons (Fsp3) is 0.462. The van der Waals surface area contributed by atoms with Crippen molar-refractivity contribution in [1.29, 1.82) is 5.26 Å². The zero-order valence-corrected chi connectivity index (χ0v) is 11.5. The fourth-order valence-electron chi connectivity index (χ4n) is 2.25. The summed E-state index contributed by atoms with van der Waals surface area (Å²) in [5.74, 6) is 0. The second-order valence-corrected chi connectivity index (χ2v) is 5.04. The maximum absolute atomic E-state index is 12.1. The Kier molecular flexibility index (Phi) is 4.35. The Balaban J connectivity index is 1.99. The zero-order chi connectivity index (χ0) is 13.8. The van der Waals surface area contributed by atoms with Crippen molar-refractivity contribution < 1.29 is 4.87 Å². The van der Waals surface area contributed by atoms with Crippen molar-refractivity contribution in [3.63, 3.8) is 0 Å². The van der Waals surface area contributed by atoms with Gasteiger partial charge in [-0.2, -0.15) is 5.26 Å². The number of anilines is 1. The molecule has 1 aromatic carbocycles. The Morgan fingerprint density at radius 1 is 1.53 bits per heavy atom. The smallest absolute Gasteiger partial charge is 0.223 e. The lowest BCUT2D eigenvalue weighted by Gasteiger charge is -2.19. The molecule has 1 fully saturated rings. The van der Waals surface area contributed by atoms with Gasteiger partial charge in [-0.3, -0.25) is 0 Å². The number of nitriles is 1. The molecule has 2 unspecified atom stereocenters. The van der Waals surface area contributed by atoms with Gasteiger partial charge in [0.05, 0.1) is 11.0 Å². The van der Waals surface area contributed by atoms with E-state index in [1.807, 2.05) is 4.90 Å². The molecular formula is C13H16ClN4O+. The molecule has 1 N–H and O–H groups in total. The van der Waals surface area contributed by atoms with Crippen LogP contribution in [0.3, 0.4) is 0 Å². The molecule has 0 aliphatic carbocycles. The molecule has 1 aromatic rings. The summed E-state index contributed by atoms with van der Waals surface area (Å²) >= 11 is 5.79. The first-order valence-corrected chi connectivity index (χ1v) is 6.63. The molecule has 1 aliphatic rings. The van der Waals surface area contributed by atoms with E-state index in [0.717, 1.165) is 24.3 Å². The summed E-state index contributed by atoms with van der Waals surface area (Å²) in [4.78, 5) is 14.8. The van der Waals surface area contributed by atoms with Crippen molar-refractivity contribution in [2.24, 2.45) is 0 Å². The van der Waals surface area contributed by atoms with Crippen LogP contribution in [0.1, 0.15) is 19.8 Å². The minimum Gasteiger partial charge on any atom is -0.223 e. The third kappa shape index (κ3) is 3.22.